The van der Waals surface area contributed by atoms with Crippen molar-refractivity contribution in [2.45, 2.75) is 13.1 Å². The van der Waals surface area contributed by atoms with E-state index in [0.29, 0.717) is 37.6 Å². The van der Waals surface area contributed by atoms with Crippen LogP contribution in [0.1, 0.15) is 21.7 Å². The number of benzene rings is 1. The van der Waals surface area contributed by atoms with E-state index in [-0.39, 0.29) is 11.6 Å². The number of nitrogens with zero attached hydrogens (tertiary/aromatic N) is 4. The molecule has 0 aliphatic carbocycles. The molecule has 0 atom stereocenters. The number of esters is 1. The Hall–Kier alpha value is -3.17. The van der Waals surface area contributed by atoms with Crippen molar-refractivity contribution in [1.82, 2.24) is 14.9 Å². The van der Waals surface area contributed by atoms with E-state index in [1.54, 1.807) is 17.9 Å². The summed E-state index contributed by atoms with van der Waals surface area (Å²) in [6.07, 6.45) is -1.71. The number of aryl methyl sites for hydroxylation is 1. The first-order chi connectivity index (χ1) is 13.7. The van der Waals surface area contributed by atoms with E-state index in [1.165, 1.54) is 23.4 Å². The second kappa shape index (κ2) is 8.46. The Morgan fingerprint density at radius 3 is 2.45 bits per heavy atom. The van der Waals surface area contributed by atoms with Crippen LogP contribution < -0.4 is 4.90 Å². The van der Waals surface area contributed by atoms with Gasteiger partial charge in [0.1, 0.15) is 0 Å². The largest absolute Gasteiger partial charge is 0.451 e. The highest BCUT2D eigenvalue weighted by Gasteiger charge is 2.31. The molecule has 1 aliphatic rings. The number of alkyl halides is 3. The molecule has 0 spiro atoms. The minimum absolute atomic E-state index is 0.0118. The summed E-state index contributed by atoms with van der Waals surface area (Å²) in [6.45, 7) is 2.69. The lowest BCUT2D eigenvalue weighted by molar-refractivity contribution is -0.137. The van der Waals surface area contributed by atoms with Crippen molar-refractivity contribution in [2.75, 3.05) is 37.7 Å². The molecular weight excluding hydrogens is 389 g/mol. The van der Waals surface area contributed by atoms with Gasteiger partial charge in [-0.25, -0.2) is 9.78 Å². The third-order valence-electron chi connectivity index (χ3n) is 4.49. The first-order valence-corrected chi connectivity index (χ1v) is 8.90. The second-order valence-corrected chi connectivity index (χ2v) is 6.54. The number of aromatic nitrogens is 2. The molecule has 7 nitrogen and oxygen atoms in total. The van der Waals surface area contributed by atoms with Crippen molar-refractivity contribution >= 4 is 17.6 Å². The van der Waals surface area contributed by atoms with E-state index < -0.39 is 24.3 Å². The molecule has 1 aliphatic heterocycles. The van der Waals surface area contributed by atoms with E-state index in [0.717, 1.165) is 12.1 Å². The minimum atomic E-state index is -4.40. The lowest BCUT2D eigenvalue weighted by Crippen LogP contribution is -2.50. The summed E-state index contributed by atoms with van der Waals surface area (Å²) in [5.41, 5.74) is 0.407. The Morgan fingerprint density at radius 2 is 1.83 bits per heavy atom. The predicted octanol–water partition coefficient (Wildman–Crippen LogP) is 2.31. The van der Waals surface area contributed by atoms with E-state index in [9.17, 15) is 22.8 Å². The molecule has 1 aromatic carbocycles. The lowest BCUT2D eigenvalue weighted by atomic mass is 10.1. The highest BCUT2D eigenvalue weighted by Crippen LogP contribution is 2.31. The molecule has 2 aromatic rings. The van der Waals surface area contributed by atoms with Gasteiger partial charge in [0.2, 0.25) is 0 Å². The van der Waals surface area contributed by atoms with Crippen LogP contribution in [0.2, 0.25) is 0 Å². The van der Waals surface area contributed by atoms with Crippen molar-refractivity contribution in [3.05, 3.63) is 53.6 Å². The third-order valence-corrected chi connectivity index (χ3v) is 4.49. The smallest absolute Gasteiger partial charge is 0.416 e. The van der Waals surface area contributed by atoms with Gasteiger partial charge in [-0.3, -0.25) is 9.78 Å². The number of halogens is 3. The number of hydrogen-bond acceptors (Lipinski definition) is 6. The average molecular weight is 408 g/mol. The third kappa shape index (κ3) is 5.21. The summed E-state index contributed by atoms with van der Waals surface area (Å²) in [5, 5.41) is 0. The van der Waals surface area contributed by atoms with E-state index in [1.807, 2.05) is 0 Å². The quantitative estimate of drug-likeness (QED) is 0.723. The minimum Gasteiger partial charge on any atom is -0.451 e. The summed E-state index contributed by atoms with van der Waals surface area (Å²) in [5.74, 6) is -1.12. The predicted molar refractivity (Wildman–Crippen MR) is 97.3 cm³/mol. The lowest BCUT2D eigenvalue weighted by Gasteiger charge is -2.36. The first kappa shape index (κ1) is 20.6. The van der Waals surface area contributed by atoms with Gasteiger partial charge in [-0.2, -0.15) is 13.2 Å². The van der Waals surface area contributed by atoms with Crippen molar-refractivity contribution in [3.63, 3.8) is 0 Å². The normalized spacial score (nSPS) is 14.6. The van der Waals surface area contributed by atoms with Crippen LogP contribution in [0.15, 0.2) is 36.7 Å². The molecule has 154 valence electrons. The monoisotopic (exact) mass is 408 g/mol. The fourth-order valence-electron chi connectivity index (χ4n) is 2.88. The Bertz CT molecular complexity index is 879. The highest BCUT2D eigenvalue weighted by molar-refractivity contribution is 5.89. The molecule has 1 fully saturated rings. The number of amides is 1. The summed E-state index contributed by atoms with van der Waals surface area (Å²) in [6, 6.07) is 5.10. The van der Waals surface area contributed by atoms with Gasteiger partial charge in [-0.05, 0) is 25.1 Å². The Balaban J connectivity index is 1.51. The van der Waals surface area contributed by atoms with Gasteiger partial charge in [-0.1, -0.05) is 6.07 Å². The molecule has 0 unspecified atom stereocenters. The van der Waals surface area contributed by atoms with Crippen molar-refractivity contribution in [1.29, 1.82) is 0 Å². The van der Waals surface area contributed by atoms with E-state index in [4.69, 9.17) is 4.74 Å². The molecule has 1 aromatic heterocycles. The molecule has 2 heterocycles. The van der Waals surface area contributed by atoms with Crippen LogP contribution in [0.5, 0.6) is 0 Å². The molecule has 0 saturated carbocycles. The van der Waals surface area contributed by atoms with Crippen LogP contribution in [0.4, 0.5) is 18.9 Å². The SMILES string of the molecule is Cc1cnc(C(=O)OCC(=O)N2CCN(c3cccc(C(F)(F)F)c3)CC2)cn1. The van der Waals surface area contributed by atoms with E-state index >= 15 is 0 Å². The number of carbonyl (C=O) groups excluding carboxylic acids is 2. The summed E-state index contributed by atoms with van der Waals surface area (Å²) in [4.78, 5) is 35.3. The molecule has 0 bridgehead atoms. The molecule has 1 amide bonds. The van der Waals surface area contributed by atoms with Gasteiger partial charge in [0, 0.05) is 38.1 Å². The zero-order valence-electron chi connectivity index (χ0n) is 15.6. The van der Waals surface area contributed by atoms with Crippen LogP contribution in [0, 0.1) is 6.92 Å². The number of ether oxygens (including phenoxy) is 1. The number of hydrogen-bond donors (Lipinski definition) is 0. The molecule has 29 heavy (non-hydrogen) atoms. The van der Waals surface area contributed by atoms with Crippen molar-refractivity contribution in [3.8, 4) is 0 Å². The van der Waals surface area contributed by atoms with Crippen molar-refractivity contribution < 1.29 is 27.5 Å². The van der Waals surface area contributed by atoms with Gasteiger partial charge in [0.25, 0.3) is 5.91 Å². The van der Waals surface area contributed by atoms with Crippen LogP contribution >= 0.6 is 0 Å². The molecule has 1 saturated heterocycles. The van der Waals surface area contributed by atoms with Crippen LogP contribution in [-0.2, 0) is 15.7 Å². The van der Waals surface area contributed by atoms with Crippen LogP contribution in [0.25, 0.3) is 0 Å². The molecule has 0 radical (unpaired) electrons. The average Bonchev–Trinajstić information content (AvgIpc) is 2.72. The van der Waals surface area contributed by atoms with Crippen LogP contribution in [-0.4, -0.2) is 59.5 Å². The number of piperazine rings is 1. The first-order valence-electron chi connectivity index (χ1n) is 8.90. The highest BCUT2D eigenvalue weighted by atomic mass is 19.4. The summed E-state index contributed by atoms with van der Waals surface area (Å²) in [7, 11) is 0. The number of anilines is 1. The van der Waals surface area contributed by atoms with E-state index in [2.05, 4.69) is 9.97 Å². The molecule has 3 rings (SSSR count). The number of rotatable bonds is 4. The van der Waals surface area contributed by atoms with Crippen LogP contribution in [0.3, 0.4) is 0 Å². The molecule has 10 heteroatoms. The van der Waals surface area contributed by atoms with Gasteiger partial charge >= 0.3 is 12.1 Å². The zero-order valence-corrected chi connectivity index (χ0v) is 15.6. The van der Waals surface area contributed by atoms with Gasteiger partial charge in [0.15, 0.2) is 12.3 Å². The Kier molecular flexibility index (Phi) is 6.00. The van der Waals surface area contributed by atoms with Gasteiger partial charge in [-0.15, -0.1) is 0 Å². The standard InChI is InChI=1S/C19H19F3N4O3/c1-13-10-24-16(11-23-13)18(28)29-12-17(27)26-7-5-25(6-8-26)15-4-2-3-14(9-15)19(20,21)22/h2-4,9-11H,5-8,12H2,1H3. The maximum Gasteiger partial charge on any atom is 0.416 e. The van der Waals surface area contributed by atoms with Gasteiger partial charge in [0.05, 0.1) is 17.5 Å². The topological polar surface area (TPSA) is 75.6 Å². The summed E-state index contributed by atoms with van der Waals surface area (Å²) >= 11 is 0. The number of carbonyl (C=O) groups is 2. The maximum atomic E-state index is 12.9. The molecule has 0 N–H and O–H groups in total. The fraction of sp³-hybridized carbons (Fsp3) is 0.368. The zero-order chi connectivity index (χ0) is 21.0. The fourth-order valence-corrected chi connectivity index (χ4v) is 2.88. The van der Waals surface area contributed by atoms with Gasteiger partial charge < -0.3 is 14.5 Å². The maximum absolute atomic E-state index is 12.9. The Morgan fingerprint density at radius 1 is 1.10 bits per heavy atom. The second-order valence-electron chi connectivity index (χ2n) is 6.54. The Labute approximate surface area is 165 Å². The van der Waals surface area contributed by atoms with Crippen molar-refractivity contribution in [2.24, 2.45) is 0 Å². The molecular formula is C19H19F3N4O3. The summed E-state index contributed by atoms with van der Waals surface area (Å²) < 4.78 is 43.6.